The molecule has 0 unspecified atom stereocenters. The van der Waals surface area contributed by atoms with Crippen LogP contribution in [0.1, 0.15) is 29.2 Å². The molecule has 0 saturated heterocycles. The molecule has 0 aliphatic heterocycles. The fourth-order valence-corrected chi connectivity index (χ4v) is 3.87. The van der Waals surface area contributed by atoms with Gasteiger partial charge in [0, 0.05) is 29.2 Å². The van der Waals surface area contributed by atoms with E-state index in [0.29, 0.717) is 23.4 Å². The van der Waals surface area contributed by atoms with Crippen molar-refractivity contribution in [1.29, 1.82) is 0 Å². The van der Waals surface area contributed by atoms with Crippen molar-refractivity contribution in [2.75, 3.05) is 21.3 Å². The Hall–Kier alpha value is -5.44. The molecule has 0 spiro atoms. The summed E-state index contributed by atoms with van der Waals surface area (Å²) in [7, 11) is 0. The Morgan fingerprint density at radius 2 is 0.929 bits per heavy atom. The Morgan fingerprint density at radius 3 is 1.29 bits per heavy atom. The lowest BCUT2D eigenvalue weighted by atomic mass is 10.1. The van der Waals surface area contributed by atoms with Crippen LogP contribution in [0.5, 0.6) is 0 Å². The normalized spacial score (nSPS) is 9.98. The predicted octanol–water partition coefficient (Wildman–Crippen LogP) is 7.04. The molecular weight excluding hydrogens is 532 g/mol. The molecule has 0 saturated carbocycles. The van der Waals surface area contributed by atoms with E-state index < -0.39 is 5.97 Å². The number of anilines is 4. The van der Waals surface area contributed by atoms with Gasteiger partial charge in [0.15, 0.2) is 0 Å². The smallest absolute Gasteiger partial charge is 0.323 e. The number of carboxylic acids is 1. The molecule has 0 radical (unpaired) electrons. The maximum atomic E-state index is 11.9. The number of aliphatic carboxylic acids is 1. The average molecular weight is 567 g/mol. The number of para-hydroxylation sites is 2. The van der Waals surface area contributed by atoms with Crippen LogP contribution < -0.4 is 21.3 Å². The number of hydrogen-bond acceptors (Lipinski definition) is 4. The van der Waals surface area contributed by atoms with Gasteiger partial charge < -0.3 is 26.4 Å². The molecule has 4 rings (SSSR count). The van der Waals surface area contributed by atoms with Crippen molar-refractivity contribution in [2.45, 2.75) is 33.6 Å². The molecule has 0 aliphatic rings. The number of hydrogen-bond donors (Lipinski definition) is 5. The van der Waals surface area contributed by atoms with Gasteiger partial charge in [-0.2, -0.15) is 0 Å². The number of carboxylic acid groups (broad SMARTS) is 1. The van der Waals surface area contributed by atoms with Gasteiger partial charge >= 0.3 is 18.0 Å². The zero-order valence-corrected chi connectivity index (χ0v) is 23.7. The van der Waals surface area contributed by atoms with Gasteiger partial charge in [0.1, 0.15) is 5.78 Å². The molecule has 9 nitrogen and oxygen atoms in total. The topological polar surface area (TPSA) is 137 Å². The van der Waals surface area contributed by atoms with E-state index in [0.717, 1.165) is 28.1 Å². The number of amides is 4. The van der Waals surface area contributed by atoms with Gasteiger partial charge in [-0.3, -0.25) is 9.59 Å². The number of aryl methyl sites for hydroxylation is 2. The lowest BCUT2D eigenvalue weighted by molar-refractivity contribution is -0.136. The van der Waals surface area contributed by atoms with Crippen molar-refractivity contribution >= 4 is 46.6 Å². The molecule has 42 heavy (non-hydrogen) atoms. The molecule has 0 atom stereocenters. The fourth-order valence-electron chi connectivity index (χ4n) is 3.87. The van der Waals surface area contributed by atoms with Crippen LogP contribution in [-0.2, 0) is 22.4 Å². The van der Waals surface area contributed by atoms with Crippen molar-refractivity contribution in [3.63, 3.8) is 0 Å². The molecule has 9 heteroatoms. The Balaban J connectivity index is 0.000000230. The summed E-state index contributed by atoms with van der Waals surface area (Å²) in [5.41, 5.74) is 6.43. The highest BCUT2D eigenvalue weighted by Crippen LogP contribution is 2.16. The largest absolute Gasteiger partial charge is 0.481 e. The molecule has 0 aromatic heterocycles. The minimum Gasteiger partial charge on any atom is -0.481 e. The second-order valence-electron chi connectivity index (χ2n) is 9.63. The van der Waals surface area contributed by atoms with Crippen LogP contribution >= 0.6 is 0 Å². The number of benzene rings is 4. The minimum absolute atomic E-state index is 0.0321. The number of urea groups is 2. The zero-order valence-electron chi connectivity index (χ0n) is 23.7. The summed E-state index contributed by atoms with van der Waals surface area (Å²) in [6, 6.07) is 28.4. The SMILES string of the molecule is CC(=O)Cc1ccc(NC(=O)Nc2ccccc2C)cc1.Cc1ccccc1NC(=O)Nc1ccc(CC(=O)O)cc1. The Kier molecular flexibility index (Phi) is 11.4. The molecule has 5 N–H and O–H groups in total. The quantitative estimate of drug-likeness (QED) is 0.156. The van der Waals surface area contributed by atoms with E-state index in [1.807, 2.05) is 74.5 Å². The number of ketones is 1. The molecule has 0 heterocycles. The summed E-state index contributed by atoms with van der Waals surface area (Å²) < 4.78 is 0. The van der Waals surface area contributed by atoms with Crippen LogP contribution in [0.3, 0.4) is 0 Å². The molecular formula is C33H34N4O5. The van der Waals surface area contributed by atoms with Gasteiger partial charge in [-0.25, -0.2) is 9.59 Å². The molecule has 0 bridgehead atoms. The third-order valence-corrected chi connectivity index (χ3v) is 6.02. The van der Waals surface area contributed by atoms with Crippen LogP contribution in [0.4, 0.5) is 32.3 Å². The van der Waals surface area contributed by atoms with Gasteiger partial charge in [0.2, 0.25) is 0 Å². The van der Waals surface area contributed by atoms with E-state index in [4.69, 9.17) is 5.11 Å². The van der Waals surface area contributed by atoms with Crippen molar-refractivity contribution in [3.05, 3.63) is 119 Å². The van der Waals surface area contributed by atoms with Crippen molar-refractivity contribution in [2.24, 2.45) is 0 Å². The average Bonchev–Trinajstić information content (AvgIpc) is 2.93. The van der Waals surface area contributed by atoms with E-state index in [1.54, 1.807) is 43.3 Å². The first kappa shape index (κ1) is 31.1. The Bertz CT molecular complexity index is 1420. The van der Waals surface area contributed by atoms with Crippen LogP contribution in [0.25, 0.3) is 0 Å². The van der Waals surface area contributed by atoms with Gasteiger partial charge in [-0.15, -0.1) is 0 Å². The van der Waals surface area contributed by atoms with Gasteiger partial charge in [0.05, 0.1) is 6.42 Å². The maximum absolute atomic E-state index is 11.9. The van der Waals surface area contributed by atoms with Crippen molar-refractivity contribution in [1.82, 2.24) is 0 Å². The van der Waals surface area contributed by atoms with E-state index in [2.05, 4.69) is 21.3 Å². The molecule has 4 aromatic rings. The van der Waals surface area contributed by atoms with Crippen LogP contribution in [0.15, 0.2) is 97.1 Å². The first-order valence-electron chi connectivity index (χ1n) is 13.3. The second kappa shape index (κ2) is 15.4. The van der Waals surface area contributed by atoms with E-state index in [1.165, 1.54) is 0 Å². The third-order valence-electron chi connectivity index (χ3n) is 6.02. The summed E-state index contributed by atoms with van der Waals surface area (Å²) in [4.78, 5) is 45.4. The van der Waals surface area contributed by atoms with Crippen LogP contribution in [0.2, 0.25) is 0 Å². The lowest BCUT2D eigenvalue weighted by Gasteiger charge is -2.10. The van der Waals surface area contributed by atoms with Gasteiger partial charge in [0.25, 0.3) is 0 Å². The Morgan fingerprint density at radius 1 is 0.548 bits per heavy atom. The molecule has 216 valence electrons. The molecule has 4 amide bonds. The first-order valence-corrected chi connectivity index (χ1v) is 13.3. The predicted molar refractivity (Wildman–Crippen MR) is 166 cm³/mol. The van der Waals surface area contributed by atoms with Crippen molar-refractivity contribution < 1.29 is 24.3 Å². The number of Topliss-reactive ketones (excluding diaryl/α,β-unsaturated/α-hetero) is 1. The van der Waals surface area contributed by atoms with Gasteiger partial charge in [-0.1, -0.05) is 60.7 Å². The number of carbonyl (C=O) groups excluding carboxylic acids is 3. The van der Waals surface area contributed by atoms with Crippen molar-refractivity contribution in [3.8, 4) is 0 Å². The van der Waals surface area contributed by atoms with Crippen LogP contribution in [-0.4, -0.2) is 28.9 Å². The molecule has 0 aliphatic carbocycles. The number of rotatable bonds is 8. The Labute approximate surface area is 245 Å². The summed E-state index contributed by atoms with van der Waals surface area (Å²) in [5, 5.41) is 19.7. The minimum atomic E-state index is -0.881. The summed E-state index contributed by atoms with van der Waals surface area (Å²) >= 11 is 0. The molecule has 4 aromatic carbocycles. The summed E-state index contributed by atoms with van der Waals surface area (Å²) in [6.45, 7) is 5.41. The van der Waals surface area contributed by atoms with E-state index in [-0.39, 0.29) is 24.3 Å². The van der Waals surface area contributed by atoms with Crippen LogP contribution in [0, 0.1) is 13.8 Å². The standard InChI is InChI=1S/C17H18N2O2.C16H16N2O3/c1-12-5-3-4-6-16(12)19-17(21)18-15-9-7-14(8-10-15)11-13(2)20;1-11-4-2-3-5-14(11)18-16(21)17-13-8-6-12(7-9-13)10-15(19)20/h3-10H,11H2,1-2H3,(H2,18,19,21);2-9H,10H2,1H3,(H,19,20)(H2,17,18,21). The maximum Gasteiger partial charge on any atom is 0.323 e. The third kappa shape index (κ3) is 10.6. The highest BCUT2D eigenvalue weighted by atomic mass is 16.4. The monoisotopic (exact) mass is 566 g/mol. The fraction of sp³-hybridized carbons (Fsp3) is 0.152. The lowest BCUT2D eigenvalue weighted by Crippen LogP contribution is -2.19. The summed E-state index contributed by atoms with van der Waals surface area (Å²) in [6.07, 6.45) is 0.380. The van der Waals surface area contributed by atoms with E-state index in [9.17, 15) is 19.2 Å². The highest BCUT2D eigenvalue weighted by molar-refractivity contribution is 6.01. The highest BCUT2D eigenvalue weighted by Gasteiger charge is 2.06. The second-order valence-corrected chi connectivity index (χ2v) is 9.63. The first-order chi connectivity index (χ1) is 20.1. The number of carbonyl (C=O) groups is 4. The zero-order chi connectivity index (χ0) is 30.5. The van der Waals surface area contributed by atoms with E-state index >= 15 is 0 Å². The van der Waals surface area contributed by atoms with Gasteiger partial charge in [-0.05, 0) is 79.4 Å². The number of nitrogens with one attached hydrogen (secondary N) is 4. The molecule has 0 fully saturated rings. The summed E-state index contributed by atoms with van der Waals surface area (Å²) in [5.74, 6) is -0.763.